The van der Waals surface area contributed by atoms with Gasteiger partial charge in [0.05, 0.1) is 17.4 Å². The minimum Gasteiger partial charge on any atom is -0.370 e. The lowest BCUT2D eigenvalue weighted by Gasteiger charge is -2.24. The summed E-state index contributed by atoms with van der Waals surface area (Å²) in [6.07, 6.45) is 11.1. The zero-order chi connectivity index (χ0) is 13.8. The molecule has 1 aliphatic carbocycles. The molecule has 0 amide bonds. The molecule has 1 atom stereocenters. The predicted octanol–water partition coefficient (Wildman–Crippen LogP) is 3.23. The van der Waals surface area contributed by atoms with E-state index in [1.807, 2.05) is 12.3 Å². The molecule has 1 aromatic rings. The quantitative estimate of drug-likeness (QED) is 0.895. The molecule has 20 heavy (non-hydrogen) atoms. The van der Waals surface area contributed by atoms with Gasteiger partial charge >= 0.3 is 0 Å². The monoisotopic (exact) mass is 274 g/mol. The van der Waals surface area contributed by atoms with Crippen molar-refractivity contribution in [3.63, 3.8) is 0 Å². The fourth-order valence-corrected chi connectivity index (χ4v) is 3.73. The number of nitrogens with one attached hydrogen (secondary N) is 1. The number of pyridine rings is 1. The molecule has 1 spiro atoms. The summed E-state index contributed by atoms with van der Waals surface area (Å²) in [4.78, 5) is 4.48. The van der Waals surface area contributed by atoms with Crippen LogP contribution in [0.3, 0.4) is 0 Å². The summed E-state index contributed by atoms with van der Waals surface area (Å²) in [6.45, 7) is 4.00. The van der Waals surface area contributed by atoms with Crippen molar-refractivity contribution in [2.24, 2.45) is 0 Å². The average Bonchev–Trinajstić information content (AvgIpc) is 3.10. The van der Waals surface area contributed by atoms with Crippen LogP contribution in [0.15, 0.2) is 18.3 Å². The van der Waals surface area contributed by atoms with Gasteiger partial charge in [0, 0.05) is 19.3 Å². The van der Waals surface area contributed by atoms with E-state index >= 15 is 0 Å². The first kappa shape index (κ1) is 14.0. The van der Waals surface area contributed by atoms with Crippen molar-refractivity contribution in [1.82, 2.24) is 10.3 Å². The topological polar surface area (TPSA) is 34.2 Å². The van der Waals surface area contributed by atoms with Crippen LogP contribution in [0.4, 0.5) is 0 Å². The molecule has 1 aliphatic heterocycles. The number of nitrogens with zero attached hydrogens (tertiary/aromatic N) is 1. The van der Waals surface area contributed by atoms with Crippen molar-refractivity contribution in [2.75, 3.05) is 6.54 Å². The van der Waals surface area contributed by atoms with Gasteiger partial charge in [0.2, 0.25) is 0 Å². The molecule has 0 radical (unpaired) electrons. The fraction of sp³-hybridized carbons (Fsp3) is 0.706. The Morgan fingerprint density at radius 2 is 2.20 bits per heavy atom. The van der Waals surface area contributed by atoms with Crippen LogP contribution in [0.5, 0.6) is 0 Å². The summed E-state index contributed by atoms with van der Waals surface area (Å²) in [7, 11) is 0. The SMILES string of the molecule is CCc1cccnc1CNCC1CCC2(CCCC2)O1. The first-order valence-corrected chi connectivity index (χ1v) is 8.13. The molecule has 0 aromatic carbocycles. The Morgan fingerprint density at radius 3 is 3.00 bits per heavy atom. The molecule has 1 aromatic heterocycles. The van der Waals surface area contributed by atoms with Crippen molar-refractivity contribution in [3.8, 4) is 0 Å². The number of ether oxygens (including phenoxy) is 1. The van der Waals surface area contributed by atoms with E-state index in [4.69, 9.17) is 4.74 Å². The van der Waals surface area contributed by atoms with E-state index in [0.29, 0.717) is 6.10 Å². The van der Waals surface area contributed by atoms with Gasteiger partial charge in [-0.2, -0.15) is 0 Å². The number of hydrogen-bond acceptors (Lipinski definition) is 3. The molecule has 110 valence electrons. The minimum atomic E-state index is 0.256. The summed E-state index contributed by atoms with van der Waals surface area (Å²) in [5.74, 6) is 0. The smallest absolute Gasteiger partial charge is 0.0708 e. The molecule has 3 heteroatoms. The first-order chi connectivity index (χ1) is 9.81. The van der Waals surface area contributed by atoms with Crippen LogP contribution in [0.1, 0.15) is 56.7 Å². The van der Waals surface area contributed by atoms with Gasteiger partial charge in [0.25, 0.3) is 0 Å². The number of aromatic nitrogens is 1. The Kier molecular flexibility index (Phi) is 4.37. The van der Waals surface area contributed by atoms with Crippen molar-refractivity contribution >= 4 is 0 Å². The summed E-state index contributed by atoms with van der Waals surface area (Å²) < 4.78 is 6.32. The Bertz CT molecular complexity index is 440. The Balaban J connectivity index is 1.46. The highest BCUT2D eigenvalue weighted by Crippen LogP contribution is 2.43. The van der Waals surface area contributed by atoms with E-state index in [1.54, 1.807) is 0 Å². The van der Waals surface area contributed by atoms with Gasteiger partial charge in [0.1, 0.15) is 0 Å². The summed E-state index contributed by atoms with van der Waals surface area (Å²) in [5.41, 5.74) is 2.79. The number of rotatable bonds is 5. The lowest BCUT2D eigenvalue weighted by atomic mass is 9.98. The fourth-order valence-electron chi connectivity index (χ4n) is 3.73. The van der Waals surface area contributed by atoms with Gasteiger partial charge in [-0.25, -0.2) is 0 Å². The second-order valence-corrected chi connectivity index (χ2v) is 6.26. The maximum atomic E-state index is 6.32. The largest absolute Gasteiger partial charge is 0.370 e. The van der Waals surface area contributed by atoms with Crippen molar-refractivity contribution in [1.29, 1.82) is 0 Å². The molecule has 3 rings (SSSR count). The predicted molar refractivity (Wildman–Crippen MR) is 80.6 cm³/mol. The van der Waals surface area contributed by atoms with Gasteiger partial charge in [-0.15, -0.1) is 0 Å². The standard InChI is InChI=1S/C17H26N2O/c1-2-14-6-5-11-19-16(14)13-18-12-15-7-10-17(20-15)8-3-4-9-17/h5-6,11,15,18H,2-4,7-10,12-13H2,1H3. The second kappa shape index (κ2) is 6.23. The van der Waals surface area contributed by atoms with E-state index in [-0.39, 0.29) is 5.60 Å². The molecule has 2 aliphatic rings. The summed E-state index contributed by atoms with van der Waals surface area (Å²) >= 11 is 0. The maximum absolute atomic E-state index is 6.32. The summed E-state index contributed by atoms with van der Waals surface area (Å²) in [5, 5.41) is 3.54. The van der Waals surface area contributed by atoms with E-state index in [0.717, 1.165) is 19.5 Å². The van der Waals surface area contributed by atoms with Crippen LogP contribution >= 0.6 is 0 Å². The van der Waals surface area contributed by atoms with Gasteiger partial charge in [-0.3, -0.25) is 4.98 Å². The normalized spacial score (nSPS) is 24.6. The Labute approximate surface area is 122 Å². The van der Waals surface area contributed by atoms with Gasteiger partial charge in [0.15, 0.2) is 0 Å². The van der Waals surface area contributed by atoms with Gasteiger partial charge in [-0.05, 0) is 43.7 Å². The van der Waals surface area contributed by atoms with E-state index in [2.05, 4.69) is 23.3 Å². The third-order valence-corrected chi connectivity index (χ3v) is 4.88. The molecule has 0 bridgehead atoms. The third-order valence-electron chi connectivity index (χ3n) is 4.88. The highest BCUT2D eigenvalue weighted by Gasteiger charge is 2.41. The van der Waals surface area contributed by atoms with Crippen molar-refractivity contribution in [3.05, 3.63) is 29.6 Å². The lowest BCUT2D eigenvalue weighted by Crippen LogP contribution is -2.31. The highest BCUT2D eigenvalue weighted by atomic mass is 16.5. The first-order valence-electron chi connectivity index (χ1n) is 8.13. The third kappa shape index (κ3) is 3.04. The molecule has 1 saturated heterocycles. The second-order valence-electron chi connectivity index (χ2n) is 6.26. The average molecular weight is 274 g/mol. The van der Waals surface area contributed by atoms with Gasteiger partial charge in [-0.1, -0.05) is 25.8 Å². The molecular formula is C17H26N2O. The molecule has 1 unspecified atom stereocenters. The van der Waals surface area contributed by atoms with Crippen LogP contribution in [0, 0.1) is 0 Å². The highest BCUT2D eigenvalue weighted by molar-refractivity contribution is 5.19. The number of aryl methyl sites for hydroxylation is 1. The maximum Gasteiger partial charge on any atom is 0.0708 e. The van der Waals surface area contributed by atoms with Crippen LogP contribution < -0.4 is 5.32 Å². The van der Waals surface area contributed by atoms with E-state index in [9.17, 15) is 0 Å². The number of hydrogen-bond donors (Lipinski definition) is 1. The zero-order valence-electron chi connectivity index (χ0n) is 12.5. The minimum absolute atomic E-state index is 0.256. The van der Waals surface area contributed by atoms with Crippen LogP contribution in [-0.4, -0.2) is 23.2 Å². The molecular weight excluding hydrogens is 248 g/mol. The molecule has 3 nitrogen and oxygen atoms in total. The van der Waals surface area contributed by atoms with Crippen LogP contribution in [0.2, 0.25) is 0 Å². The molecule has 1 saturated carbocycles. The zero-order valence-corrected chi connectivity index (χ0v) is 12.5. The van der Waals surface area contributed by atoms with Crippen molar-refractivity contribution in [2.45, 2.75) is 70.1 Å². The van der Waals surface area contributed by atoms with Crippen LogP contribution in [0.25, 0.3) is 0 Å². The van der Waals surface area contributed by atoms with E-state index in [1.165, 1.54) is 49.8 Å². The van der Waals surface area contributed by atoms with E-state index < -0.39 is 0 Å². The molecule has 1 N–H and O–H groups in total. The molecule has 2 heterocycles. The van der Waals surface area contributed by atoms with Crippen molar-refractivity contribution < 1.29 is 4.74 Å². The Morgan fingerprint density at radius 1 is 1.35 bits per heavy atom. The molecule has 2 fully saturated rings. The lowest BCUT2D eigenvalue weighted by molar-refractivity contribution is -0.0352. The van der Waals surface area contributed by atoms with Gasteiger partial charge < -0.3 is 10.1 Å². The Hall–Kier alpha value is -0.930. The van der Waals surface area contributed by atoms with Crippen LogP contribution in [-0.2, 0) is 17.7 Å². The summed E-state index contributed by atoms with van der Waals surface area (Å²) in [6, 6.07) is 4.19.